The zero-order valence-corrected chi connectivity index (χ0v) is 10.3. The summed E-state index contributed by atoms with van der Waals surface area (Å²) in [7, 11) is 0. The van der Waals surface area contributed by atoms with Crippen molar-refractivity contribution in [2.45, 2.75) is 32.2 Å². The third-order valence-corrected chi connectivity index (χ3v) is 2.67. The minimum Gasteiger partial charge on any atom is -0.508 e. The lowest BCUT2D eigenvalue weighted by atomic mass is 10.1. The molecule has 0 saturated heterocycles. The van der Waals surface area contributed by atoms with Crippen molar-refractivity contribution in [2.24, 2.45) is 5.73 Å². The van der Waals surface area contributed by atoms with Crippen LogP contribution in [0.15, 0.2) is 28.8 Å². The molecule has 1 unspecified atom stereocenters. The van der Waals surface area contributed by atoms with E-state index in [9.17, 15) is 5.11 Å². The number of hydrogen-bond donors (Lipinski definition) is 2. The Bertz CT molecular complexity index is 493. The number of aryl methyl sites for hydroxylation is 1. The monoisotopic (exact) mass is 247 g/mol. The molecule has 2 aromatic rings. The van der Waals surface area contributed by atoms with E-state index in [1.165, 1.54) is 0 Å². The van der Waals surface area contributed by atoms with Crippen molar-refractivity contribution in [1.82, 2.24) is 10.1 Å². The number of benzene rings is 1. The van der Waals surface area contributed by atoms with Gasteiger partial charge in [-0.3, -0.25) is 0 Å². The summed E-state index contributed by atoms with van der Waals surface area (Å²) in [4.78, 5) is 4.26. The average Bonchev–Trinajstić information content (AvgIpc) is 2.81. The van der Waals surface area contributed by atoms with Crippen molar-refractivity contribution >= 4 is 0 Å². The zero-order valence-electron chi connectivity index (χ0n) is 10.3. The van der Waals surface area contributed by atoms with Crippen LogP contribution in [0.4, 0.5) is 0 Å². The van der Waals surface area contributed by atoms with Gasteiger partial charge >= 0.3 is 0 Å². The van der Waals surface area contributed by atoms with Crippen LogP contribution in [-0.4, -0.2) is 15.2 Å². The highest BCUT2D eigenvalue weighted by Gasteiger charge is 2.15. The Morgan fingerprint density at radius 3 is 2.72 bits per heavy atom. The first-order valence-corrected chi connectivity index (χ1v) is 6.05. The molecule has 0 spiro atoms. The molecule has 0 radical (unpaired) electrons. The zero-order chi connectivity index (χ0) is 13.0. The van der Waals surface area contributed by atoms with Crippen LogP contribution in [0, 0.1) is 0 Å². The van der Waals surface area contributed by atoms with E-state index in [1.807, 2.05) is 12.1 Å². The summed E-state index contributed by atoms with van der Waals surface area (Å²) >= 11 is 0. The summed E-state index contributed by atoms with van der Waals surface area (Å²) < 4.78 is 5.14. The first-order chi connectivity index (χ1) is 8.69. The van der Waals surface area contributed by atoms with E-state index in [1.54, 1.807) is 12.1 Å². The lowest BCUT2D eigenvalue weighted by molar-refractivity contribution is 0.350. The van der Waals surface area contributed by atoms with E-state index in [0.29, 0.717) is 18.1 Å². The molecule has 2 rings (SSSR count). The van der Waals surface area contributed by atoms with E-state index in [-0.39, 0.29) is 11.8 Å². The number of aromatic hydroxyl groups is 1. The second kappa shape index (κ2) is 5.64. The normalized spacial score (nSPS) is 12.6. The predicted molar refractivity (Wildman–Crippen MR) is 67.0 cm³/mol. The van der Waals surface area contributed by atoms with Crippen LogP contribution in [0.25, 0.3) is 0 Å². The van der Waals surface area contributed by atoms with Crippen LogP contribution < -0.4 is 5.73 Å². The third-order valence-electron chi connectivity index (χ3n) is 2.67. The lowest BCUT2D eigenvalue weighted by Crippen LogP contribution is -2.13. The number of hydrogen-bond acceptors (Lipinski definition) is 5. The van der Waals surface area contributed by atoms with E-state index in [2.05, 4.69) is 17.1 Å². The van der Waals surface area contributed by atoms with Crippen molar-refractivity contribution in [1.29, 1.82) is 0 Å². The molecule has 0 amide bonds. The van der Waals surface area contributed by atoms with Crippen LogP contribution in [-0.2, 0) is 12.8 Å². The third kappa shape index (κ3) is 3.07. The Hall–Kier alpha value is -1.88. The van der Waals surface area contributed by atoms with Crippen LogP contribution in [0.5, 0.6) is 5.75 Å². The topological polar surface area (TPSA) is 85.2 Å². The van der Waals surface area contributed by atoms with Crippen LogP contribution in [0.3, 0.4) is 0 Å². The molecule has 5 heteroatoms. The van der Waals surface area contributed by atoms with Gasteiger partial charge in [-0.05, 0) is 30.5 Å². The first-order valence-electron chi connectivity index (χ1n) is 6.05. The highest BCUT2D eigenvalue weighted by molar-refractivity contribution is 5.26. The SMILES string of the molecule is CCCc1noc(C(N)Cc2ccc(O)cc2)n1. The fraction of sp³-hybridized carbons (Fsp3) is 0.385. The molecule has 0 saturated carbocycles. The molecule has 0 fully saturated rings. The molecule has 0 bridgehead atoms. The smallest absolute Gasteiger partial charge is 0.243 e. The molecule has 1 aromatic heterocycles. The fourth-order valence-electron chi connectivity index (χ4n) is 1.72. The highest BCUT2D eigenvalue weighted by Crippen LogP contribution is 2.17. The van der Waals surface area contributed by atoms with Crippen LogP contribution in [0.1, 0.15) is 36.7 Å². The van der Waals surface area contributed by atoms with E-state index in [0.717, 1.165) is 18.4 Å². The molecule has 1 atom stereocenters. The van der Waals surface area contributed by atoms with Gasteiger partial charge in [-0.25, -0.2) is 0 Å². The lowest BCUT2D eigenvalue weighted by Gasteiger charge is -2.06. The Morgan fingerprint density at radius 2 is 2.06 bits per heavy atom. The largest absolute Gasteiger partial charge is 0.508 e. The van der Waals surface area contributed by atoms with Crippen molar-refractivity contribution in [2.75, 3.05) is 0 Å². The minimum absolute atomic E-state index is 0.246. The second-order valence-corrected chi connectivity index (χ2v) is 4.28. The number of nitrogens with two attached hydrogens (primary N) is 1. The molecular formula is C13H17N3O2. The van der Waals surface area contributed by atoms with Crippen LogP contribution >= 0.6 is 0 Å². The molecule has 0 aliphatic heterocycles. The maximum absolute atomic E-state index is 9.20. The summed E-state index contributed by atoms with van der Waals surface area (Å²) in [5, 5.41) is 13.1. The van der Waals surface area contributed by atoms with Gasteiger partial charge < -0.3 is 15.4 Å². The van der Waals surface area contributed by atoms with Gasteiger partial charge in [-0.15, -0.1) is 0 Å². The molecule has 5 nitrogen and oxygen atoms in total. The predicted octanol–water partition coefficient (Wildman–Crippen LogP) is 1.97. The summed E-state index contributed by atoms with van der Waals surface area (Å²) in [6, 6.07) is 6.63. The van der Waals surface area contributed by atoms with Gasteiger partial charge in [0.25, 0.3) is 0 Å². The van der Waals surface area contributed by atoms with Gasteiger partial charge in [0.2, 0.25) is 5.89 Å². The number of aromatic nitrogens is 2. The number of phenols is 1. The number of nitrogens with zero attached hydrogens (tertiary/aromatic N) is 2. The average molecular weight is 247 g/mol. The molecule has 0 aliphatic rings. The Labute approximate surface area is 106 Å². The molecule has 96 valence electrons. The van der Waals surface area contributed by atoms with Crippen molar-refractivity contribution in [3.8, 4) is 5.75 Å². The summed E-state index contributed by atoms with van der Waals surface area (Å²) in [6.07, 6.45) is 2.38. The van der Waals surface area contributed by atoms with Crippen molar-refractivity contribution < 1.29 is 9.63 Å². The molecule has 0 aliphatic carbocycles. The van der Waals surface area contributed by atoms with Gasteiger partial charge in [-0.2, -0.15) is 4.98 Å². The Balaban J connectivity index is 2.02. The molecule has 1 aromatic carbocycles. The van der Waals surface area contributed by atoms with Crippen molar-refractivity contribution in [3.63, 3.8) is 0 Å². The standard InChI is InChI=1S/C13H17N3O2/c1-2-3-12-15-13(18-16-12)11(14)8-9-4-6-10(17)7-5-9/h4-7,11,17H,2-3,8,14H2,1H3. The summed E-state index contributed by atoms with van der Waals surface area (Å²) in [5.41, 5.74) is 7.04. The quantitative estimate of drug-likeness (QED) is 0.843. The highest BCUT2D eigenvalue weighted by atomic mass is 16.5. The first kappa shape index (κ1) is 12.6. The number of phenolic OH excluding ortho intramolecular Hbond substituents is 1. The molecule has 18 heavy (non-hydrogen) atoms. The summed E-state index contributed by atoms with van der Waals surface area (Å²) in [6.45, 7) is 2.06. The molecule has 1 heterocycles. The van der Waals surface area contributed by atoms with Crippen LogP contribution in [0.2, 0.25) is 0 Å². The minimum atomic E-state index is -0.312. The summed E-state index contributed by atoms with van der Waals surface area (Å²) in [5.74, 6) is 1.41. The van der Waals surface area contributed by atoms with Crippen molar-refractivity contribution in [3.05, 3.63) is 41.5 Å². The maximum Gasteiger partial charge on any atom is 0.243 e. The Morgan fingerprint density at radius 1 is 1.33 bits per heavy atom. The van der Waals surface area contributed by atoms with Gasteiger partial charge in [0.15, 0.2) is 5.82 Å². The van der Waals surface area contributed by atoms with Gasteiger partial charge in [-0.1, -0.05) is 24.2 Å². The number of rotatable bonds is 5. The van der Waals surface area contributed by atoms with E-state index >= 15 is 0 Å². The van der Waals surface area contributed by atoms with E-state index in [4.69, 9.17) is 10.3 Å². The molecular weight excluding hydrogens is 230 g/mol. The maximum atomic E-state index is 9.20. The van der Waals surface area contributed by atoms with Gasteiger partial charge in [0, 0.05) is 6.42 Å². The Kier molecular flexibility index (Phi) is 3.94. The second-order valence-electron chi connectivity index (χ2n) is 4.28. The van der Waals surface area contributed by atoms with E-state index < -0.39 is 0 Å². The molecule has 3 N–H and O–H groups in total. The fourth-order valence-corrected chi connectivity index (χ4v) is 1.72. The van der Waals surface area contributed by atoms with Gasteiger partial charge in [0.1, 0.15) is 5.75 Å². The van der Waals surface area contributed by atoms with Gasteiger partial charge in [0.05, 0.1) is 6.04 Å².